The van der Waals surface area contributed by atoms with Crippen molar-refractivity contribution in [1.29, 1.82) is 0 Å². The molecular formula is C20H24N2O4S. The minimum atomic E-state index is -3.53. The van der Waals surface area contributed by atoms with Crippen molar-refractivity contribution < 1.29 is 17.9 Å². The van der Waals surface area contributed by atoms with Crippen LogP contribution in [0.25, 0.3) is 0 Å². The molecule has 0 unspecified atom stereocenters. The maximum Gasteiger partial charge on any atom is 0.243 e. The van der Waals surface area contributed by atoms with Gasteiger partial charge in [0.1, 0.15) is 5.75 Å². The van der Waals surface area contributed by atoms with Crippen molar-refractivity contribution in [3.63, 3.8) is 0 Å². The van der Waals surface area contributed by atoms with Crippen molar-refractivity contribution in [2.75, 3.05) is 33.3 Å². The van der Waals surface area contributed by atoms with Gasteiger partial charge in [0.25, 0.3) is 0 Å². The quantitative estimate of drug-likeness (QED) is 0.711. The van der Waals surface area contributed by atoms with Gasteiger partial charge in [0.05, 0.1) is 12.0 Å². The van der Waals surface area contributed by atoms with Crippen LogP contribution in [0.15, 0.2) is 53.4 Å². The van der Waals surface area contributed by atoms with Crippen LogP contribution >= 0.6 is 0 Å². The maximum atomic E-state index is 12.8. The highest BCUT2D eigenvalue weighted by atomic mass is 32.2. The summed E-state index contributed by atoms with van der Waals surface area (Å²) in [7, 11) is -1.89. The number of ketones is 1. The Morgan fingerprint density at radius 3 is 2.07 bits per heavy atom. The summed E-state index contributed by atoms with van der Waals surface area (Å²) in [5, 5.41) is 0. The zero-order valence-corrected chi connectivity index (χ0v) is 16.4. The lowest BCUT2D eigenvalue weighted by molar-refractivity contribution is 0.101. The van der Waals surface area contributed by atoms with E-state index in [0.29, 0.717) is 31.7 Å². The largest absolute Gasteiger partial charge is 0.497 e. The van der Waals surface area contributed by atoms with Gasteiger partial charge in [0.15, 0.2) is 5.78 Å². The van der Waals surface area contributed by atoms with Crippen LogP contribution < -0.4 is 4.74 Å². The zero-order chi connectivity index (χ0) is 19.4. The molecule has 1 heterocycles. The second-order valence-corrected chi connectivity index (χ2v) is 8.55. The number of carbonyl (C=O) groups is 1. The molecule has 0 saturated carbocycles. The predicted octanol–water partition coefficient (Wildman–Crippen LogP) is 2.40. The Bertz CT molecular complexity index is 885. The van der Waals surface area contributed by atoms with Gasteiger partial charge in [-0.2, -0.15) is 4.31 Å². The van der Waals surface area contributed by atoms with Crippen molar-refractivity contribution in [2.24, 2.45) is 0 Å². The molecule has 0 N–H and O–H groups in total. The summed E-state index contributed by atoms with van der Waals surface area (Å²) >= 11 is 0. The molecule has 1 fully saturated rings. The zero-order valence-electron chi connectivity index (χ0n) is 15.6. The molecule has 144 valence electrons. The van der Waals surface area contributed by atoms with E-state index in [9.17, 15) is 13.2 Å². The smallest absolute Gasteiger partial charge is 0.243 e. The molecule has 0 atom stereocenters. The lowest BCUT2D eigenvalue weighted by Gasteiger charge is -2.34. The molecule has 0 bridgehead atoms. The first kappa shape index (κ1) is 19.5. The van der Waals surface area contributed by atoms with E-state index >= 15 is 0 Å². The highest BCUT2D eigenvalue weighted by Crippen LogP contribution is 2.20. The van der Waals surface area contributed by atoms with E-state index in [1.807, 2.05) is 24.3 Å². The number of carbonyl (C=O) groups excluding carboxylic acids is 1. The van der Waals surface area contributed by atoms with Crippen LogP contribution in [0.5, 0.6) is 5.75 Å². The number of sulfonamides is 1. The first-order valence-electron chi connectivity index (χ1n) is 8.86. The number of benzene rings is 2. The van der Waals surface area contributed by atoms with Crippen LogP contribution in [0, 0.1) is 0 Å². The Balaban J connectivity index is 1.61. The number of nitrogens with zero attached hydrogens (tertiary/aromatic N) is 2. The van der Waals surface area contributed by atoms with Gasteiger partial charge in [-0.1, -0.05) is 24.3 Å². The fourth-order valence-corrected chi connectivity index (χ4v) is 4.55. The van der Waals surface area contributed by atoms with Crippen molar-refractivity contribution in [3.8, 4) is 5.75 Å². The Morgan fingerprint density at radius 2 is 1.56 bits per heavy atom. The lowest BCUT2D eigenvalue weighted by Crippen LogP contribution is -2.48. The molecule has 2 aromatic carbocycles. The number of piperazine rings is 1. The van der Waals surface area contributed by atoms with E-state index in [0.717, 1.165) is 12.3 Å². The van der Waals surface area contributed by atoms with Gasteiger partial charge < -0.3 is 4.74 Å². The van der Waals surface area contributed by atoms with Crippen LogP contribution in [0.1, 0.15) is 22.8 Å². The molecule has 27 heavy (non-hydrogen) atoms. The molecule has 0 spiro atoms. The molecule has 2 aromatic rings. The number of hydrogen-bond acceptors (Lipinski definition) is 5. The molecule has 0 radical (unpaired) electrons. The van der Waals surface area contributed by atoms with E-state index in [1.165, 1.54) is 28.9 Å². The topological polar surface area (TPSA) is 66.9 Å². The summed E-state index contributed by atoms with van der Waals surface area (Å²) < 4.78 is 32.3. The average molecular weight is 388 g/mol. The monoisotopic (exact) mass is 388 g/mol. The third kappa shape index (κ3) is 4.55. The minimum Gasteiger partial charge on any atom is -0.497 e. The highest BCUT2D eigenvalue weighted by Gasteiger charge is 2.28. The number of methoxy groups -OCH3 is 1. The van der Waals surface area contributed by atoms with Gasteiger partial charge in [-0.05, 0) is 36.8 Å². The highest BCUT2D eigenvalue weighted by molar-refractivity contribution is 7.89. The molecule has 1 saturated heterocycles. The van der Waals surface area contributed by atoms with Gasteiger partial charge >= 0.3 is 0 Å². The molecule has 0 aliphatic carbocycles. The normalized spacial score (nSPS) is 16.2. The molecule has 7 heteroatoms. The van der Waals surface area contributed by atoms with Crippen molar-refractivity contribution in [3.05, 3.63) is 59.7 Å². The molecule has 6 nitrogen and oxygen atoms in total. The number of ether oxygens (including phenoxy) is 1. The Morgan fingerprint density at radius 1 is 0.963 bits per heavy atom. The van der Waals surface area contributed by atoms with Crippen LogP contribution in [0.2, 0.25) is 0 Å². The van der Waals surface area contributed by atoms with E-state index in [-0.39, 0.29) is 10.7 Å². The van der Waals surface area contributed by atoms with Crippen LogP contribution in [0.4, 0.5) is 0 Å². The van der Waals surface area contributed by atoms with Gasteiger partial charge in [-0.25, -0.2) is 8.42 Å². The van der Waals surface area contributed by atoms with Crippen LogP contribution in [-0.2, 0) is 16.6 Å². The van der Waals surface area contributed by atoms with Crippen molar-refractivity contribution in [2.45, 2.75) is 18.4 Å². The summed E-state index contributed by atoms with van der Waals surface area (Å²) in [4.78, 5) is 13.8. The first-order valence-corrected chi connectivity index (χ1v) is 10.3. The minimum absolute atomic E-state index is 0.0777. The van der Waals surface area contributed by atoms with E-state index in [1.54, 1.807) is 19.2 Å². The fourth-order valence-electron chi connectivity index (χ4n) is 3.13. The summed E-state index contributed by atoms with van der Waals surface area (Å²) in [6.07, 6.45) is 0. The van der Waals surface area contributed by atoms with E-state index < -0.39 is 10.0 Å². The predicted molar refractivity (Wildman–Crippen MR) is 103 cm³/mol. The van der Waals surface area contributed by atoms with Crippen molar-refractivity contribution >= 4 is 15.8 Å². The van der Waals surface area contributed by atoms with Gasteiger partial charge in [0.2, 0.25) is 10.0 Å². The van der Waals surface area contributed by atoms with Crippen molar-refractivity contribution in [1.82, 2.24) is 9.21 Å². The second-order valence-electron chi connectivity index (χ2n) is 6.61. The lowest BCUT2D eigenvalue weighted by atomic mass is 10.2. The standard InChI is InChI=1S/C20H24N2O4S/c1-16(23)18-5-9-20(10-6-18)27(24,25)22-13-11-21(12-14-22)15-17-3-7-19(26-2)8-4-17/h3-10H,11-15H2,1-2H3. The average Bonchev–Trinajstić information content (AvgIpc) is 2.69. The summed E-state index contributed by atoms with van der Waals surface area (Å²) in [5.41, 5.74) is 1.69. The molecule has 1 aliphatic heterocycles. The molecule has 0 aromatic heterocycles. The van der Waals surface area contributed by atoms with Gasteiger partial charge in [-0.3, -0.25) is 9.69 Å². The second kappa shape index (κ2) is 8.21. The number of hydrogen-bond donors (Lipinski definition) is 0. The number of rotatable bonds is 6. The molecule has 1 aliphatic rings. The van der Waals surface area contributed by atoms with Crippen LogP contribution in [0.3, 0.4) is 0 Å². The fraction of sp³-hybridized carbons (Fsp3) is 0.350. The first-order chi connectivity index (χ1) is 12.9. The summed E-state index contributed by atoms with van der Waals surface area (Å²) in [6.45, 7) is 4.50. The van der Waals surface area contributed by atoms with Gasteiger partial charge in [-0.15, -0.1) is 0 Å². The van der Waals surface area contributed by atoms with E-state index in [2.05, 4.69) is 4.90 Å². The third-order valence-electron chi connectivity index (χ3n) is 4.80. The van der Waals surface area contributed by atoms with Gasteiger partial charge in [0, 0.05) is 38.3 Å². The Kier molecular flexibility index (Phi) is 5.94. The Labute approximate surface area is 160 Å². The number of Topliss-reactive ketones (excluding diaryl/α,β-unsaturated/α-hetero) is 1. The molecular weight excluding hydrogens is 364 g/mol. The SMILES string of the molecule is COc1ccc(CN2CCN(S(=O)(=O)c3ccc(C(C)=O)cc3)CC2)cc1. The summed E-state index contributed by atoms with van der Waals surface area (Å²) in [6, 6.07) is 14.1. The molecule has 3 rings (SSSR count). The van der Waals surface area contributed by atoms with E-state index in [4.69, 9.17) is 4.74 Å². The molecule has 0 amide bonds. The maximum absolute atomic E-state index is 12.8. The summed E-state index contributed by atoms with van der Waals surface area (Å²) in [5.74, 6) is 0.747. The van der Waals surface area contributed by atoms with Crippen LogP contribution in [-0.4, -0.2) is 56.7 Å². The third-order valence-corrected chi connectivity index (χ3v) is 6.71. The Hall–Kier alpha value is -2.22.